The van der Waals surface area contributed by atoms with Crippen LogP contribution >= 0.6 is 0 Å². The van der Waals surface area contributed by atoms with Crippen molar-refractivity contribution in [3.8, 4) is 11.6 Å². The molecular formula is C30H32N4O4. The molecule has 1 fully saturated rings. The first-order valence-corrected chi connectivity index (χ1v) is 12.9. The number of imidazole rings is 1. The number of aromatic nitrogens is 3. The van der Waals surface area contributed by atoms with Gasteiger partial charge in [-0.25, -0.2) is 14.8 Å². The second kappa shape index (κ2) is 8.84. The zero-order valence-corrected chi connectivity index (χ0v) is 22.1. The normalized spacial score (nSPS) is 19.0. The van der Waals surface area contributed by atoms with E-state index in [0.717, 1.165) is 57.9 Å². The molecule has 1 amide bonds. The molecule has 1 atom stereocenters. The van der Waals surface area contributed by atoms with Gasteiger partial charge < -0.3 is 14.6 Å². The van der Waals surface area contributed by atoms with Crippen molar-refractivity contribution in [2.45, 2.75) is 40.2 Å². The van der Waals surface area contributed by atoms with Crippen molar-refractivity contribution in [3.63, 3.8) is 0 Å². The molecule has 0 bridgehead atoms. The number of pyridine rings is 1. The number of nitrogens with zero attached hydrogens (tertiary/aromatic N) is 4. The van der Waals surface area contributed by atoms with Crippen molar-refractivity contribution in [2.75, 3.05) is 19.8 Å². The standard InChI is InChI=1S/C30H32N4O4/c1-29(2,3)25-12-20(14-33(25)28(35)36)22-7-5-6-19-8-11-26(32-27(19)22)34-18-31-23-13-21(9-10-24(23)34)38-17-30(4)15-37-16-30/h5-11,13-14,18,25H,12,15-17H2,1-4H3,(H,35,36). The number of carboxylic acid groups (broad SMARTS) is 1. The van der Waals surface area contributed by atoms with Gasteiger partial charge >= 0.3 is 6.09 Å². The van der Waals surface area contributed by atoms with E-state index in [1.54, 1.807) is 12.5 Å². The molecule has 1 saturated heterocycles. The lowest BCUT2D eigenvalue weighted by Gasteiger charge is -2.37. The lowest BCUT2D eigenvalue weighted by Crippen LogP contribution is -2.44. The molecule has 38 heavy (non-hydrogen) atoms. The van der Waals surface area contributed by atoms with Gasteiger partial charge in [0, 0.05) is 34.7 Å². The molecule has 8 nitrogen and oxygen atoms in total. The van der Waals surface area contributed by atoms with E-state index in [1.165, 1.54) is 4.90 Å². The van der Waals surface area contributed by atoms with Crippen LogP contribution in [0.25, 0.3) is 33.3 Å². The zero-order valence-electron chi connectivity index (χ0n) is 22.1. The monoisotopic (exact) mass is 512 g/mol. The van der Waals surface area contributed by atoms with E-state index in [9.17, 15) is 9.90 Å². The first-order chi connectivity index (χ1) is 18.1. The molecule has 6 rings (SSSR count). The van der Waals surface area contributed by atoms with E-state index >= 15 is 0 Å². The van der Waals surface area contributed by atoms with Crippen LogP contribution in [0.2, 0.25) is 0 Å². The highest BCUT2D eigenvalue weighted by molar-refractivity contribution is 5.93. The summed E-state index contributed by atoms with van der Waals surface area (Å²) in [5.74, 6) is 1.54. The third kappa shape index (κ3) is 4.28. The van der Waals surface area contributed by atoms with E-state index in [-0.39, 0.29) is 16.9 Å². The quantitative estimate of drug-likeness (QED) is 0.346. The van der Waals surface area contributed by atoms with Crippen LogP contribution in [0.4, 0.5) is 4.79 Å². The lowest BCUT2D eigenvalue weighted by molar-refractivity contribution is -0.120. The van der Waals surface area contributed by atoms with Gasteiger partial charge in [0.1, 0.15) is 17.9 Å². The molecule has 0 spiro atoms. The Labute approximate surface area is 221 Å². The predicted octanol–water partition coefficient (Wildman–Crippen LogP) is 6.13. The molecule has 0 radical (unpaired) electrons. The van der Waals surface area contributed by atoms with E-state index < -0.39 is 6.09 Å². The van der Waals surface area contributed by atoms with E-state index in [4.69, 9.17) is 14.5 Å². The van der Waals surface area contributed by atoms with Gasteiger partial charge in [-0.05, 0) is 41.7 Å². The summed E-state index contributed by atoms with van der Waals surface area (Å²) in [4.78, 5) is 23.1. The molecule has 4 heterocycles. The first-order valence-electron chi connectivity index (χ1n) is 12.9. The minimum absolute atomic E-state index is 0.0736. The van der Waals surface area contributed by atoms with Gasteiger partial charge in [0.2, 0.25) is 0 Å². The Balaban J connectivity index is 1.35. The van der Waals surface area contributed by atoms with Gasteiger partial charge in [-0.15, -0.1) is 0 Å². The van der Waals surface area contributed by atoms with E-state index in [1.807, 2.05) is 47.0 Å². The Morgan fingerprint density at radius 1 is 1.18 bits per heavy atom. The molecule has 2 aliphatic heterocycles. The fourth-order valence-corrected chi connectivity index (χ4v) is 5.30. The Morgan fingerprint density at radius 2 is 2.00 bits per heavy atom. The third-order valence-electron chi connectivity index (χ3n) is 7.57. The maximum atomic E-state index is 12.0. The average molecular weight is 513 g/mol. The first kappa shape index (κ1) is 24.4. The molecule has 2 aliphatic rings. The van der Waals surface area contributed by atoms with Crippen molar-refractivity contribution in [1.29, 1.82) is 0 Å². The predicted molar refractivity (Wildman–Crippen MR) is 146 cm³/mol. The van der Waals surface area contributed by atoms with Crippen LogP contribution in [0, 0.1) is 10.8 Å². The highest BCUT2D eigenvalue weighted by Gasteiger charge is 2.38. The fraction of sp³-hybridized carbons (Fsp3) is 0.367. The third-order valence-corrected chi connectivity index (χ3v) is 7.57. The Bertz CT molecular complexity index is 1580. The summed E-state index contributed by atoms with van der Waals surface area (Å²) in [6.07, 6.45) is 3.26. The fourth-order valence-electron chi connectivity index (χ4n) is 5.30. The summed E-state index contributed by atoms with van der Waals surface area (Å²) >= 11 is 0. The number of fused-ring (bicyclic) bond motifs is 2. The highest BCUT2D eigenvalue weighted by Crippen LogP contribution is 2.40. The number of carbonyl (C=O) groups is 1. The van der Waals surface area contributed by atoms with Crippen molar-refractivity contribution < 1.29 is 19.4 Å². The van der Waals surface area contributed by atoms with Gasteiger partial charge in [0.05, 0.1) is 36.4 Å². The maximum absolute atomic E-state index is 12.0. The molecule has 1 unspecified atom stereocenters. The molecule has 4 aromatic rings. The number of para-hydroxylation sites is 1. The van der Waals surface area contributed by atoms with E-state index in [2.05, 4.69) is 38.7 Å². The van der Waals surface area contributed by atoms with Crippen LogP contribution in [0.15, 0.2) is 61.1 Å². The van der Waals surface area contributed by atoms with Crippen LogP contribution in [-0.2, 0) is 4.74 Å². The van der Waals surface area contributed by atoms with Crippen molar-refractivity contribution >= 4 is 33.6 Å². The molecule has 8 heteroatoms. The van der Waals surface area contributed by atoms with Crippen molar-refractivity contribution in [2.24, 2.45) is 10.8 Å². The topological polar surface area (TPSA) is 89.7 Å². The average Bonchev–Trinajstić information content (AvgIpc) is 3.50. The van der Waals surface area contributed by atoms with Crippen LogP contribution in [-0.4, -0.2) is 56.5 Å². The molecule has 2 aromatic carbocycles. The molecule has 2 aromatic heterocycles. The van der Waals surface area contributed by atoms with Gasteiger partial charge in [0.15, 0.2) is 0 Å². The highest BCUT2D eigenvalue weighted by atomic mass is 16.5. The van der Waals surface area contributed by atoms with Gasteiger partial charge in [-0.3, -0.25) is 9.47 Å². The number of hydrogen-bond acceptors (Lipinski definition) is 5. The van der Waals surface area contributed by atoms with Gasteiger partial charge in [-0.2, -0.15) is 0 Å². The second-order valence-electron chi connectivity index (χ2n) is 11.8. The van der Waals surface area contributed by atoms with Crippen LogP contribution < -0.4 is 4.74 Å². The number of hydrogen-bond donors (Lipinski definition) is 1. The molecule has 196 valence electrons. The van der Waals surface area contributed by atoms with Crippen molar-refractivity contribution in [1.82, 2.24) is 19.4 Å². The molecule has 1 N–H and O–H groups in total. The summed E-state index contributed by atoms with van der Waals surface area (Å²) in [7, 11) is 0. The maximum Gasteiger partial charge on any atom is 0.411 e. The van der Waals surface area contributed by atoms with Crippen molar-refractivity contribution in [3.05, 3.63) is 66.6 Å². The Morgan fingerprint density at radius 3 is 2.68 bits per heavy atom. The zero-order chi connectivity index (χ0) is 26.7. The number of rotatable bonds is 5. The molecule has 0 saturated carbocycles. The Hall–Kier alpha value is -3.91. The number of benzene rings is 2. The minimum atomic E-state index is -0.933. The second-order valence-corrected chi connectivity index (χ2v) is 11.8. The van der Waals surface area contributed by atoms with Crippen LogP contribution in [0.5, 0.6) is 5.75 Å². The summed E-state index contributed by atoms with van der Waals surface area (Å²) < 4.78 is 13.3. The van der Waals surface area contributed by atoms with Gasteiger partial charge in [0.25, 0.3) is 0 Å². The molecule has 0 aliphatic carbocycles. The lowest BCUT2D eigenvalue weighted by atomic mass is 9.83. The summed E-state index contributed by atoms with van der Waals surface area (Å²) in [6.45, 7) is 10.4. The smallest absolute Gasteiger partial charge is 0.411 e. The van der Waals surface area contributed by atoms with Gasteiger partial charge in [-0.1, -0.05) is 45.9 Å². The number of amides is 1. The summed E-state index contributed by atoms with van der Waals surface area (Å²) in [6, 6.07) is 15.9. The summed E-state index contributed by atoms with van der Waals surface area (Å²) in [5, 5.41) is 10.8. The number of ether oxygens (including phenoxy) is 2. The van der Waals surface area contributed by atoms with Crippen LogP contribution in [0.3, 0.4) is 0 Å². The minimum Gasteiger partial charge on any atom is -0.493 e. The Kier molecular flexibility index (Phi) is 5.68. The van der Waals surface area contributed by atoms with Crippen LogP contribution in [0.1, 0.15) is 39.7 Å². The van der Waals surface area contributed by atoms with E-state index in [0.29, 0.717) is 13.0 Å². The summed E-state index contributed by atoms with van der Waals surface area (Å²) in [5.41, 5.74) is 4.42. The SMILES string of the molecule is CC1(COc2ccc3c(c2)ncn3-c2ccc3cccc(C4=CN(C(=O)O)C(C(C)(C)C)C4)c3n2)COC1. The molecular weight excluding hydrogens is 480 g/mol. The largest absolute Gasteiger partial charge is 0.493 e.